The lowest BCUT2D eigenvalue weighted by Crippen LogP contribution is -2.51. The number of anilines is 2. The molecule has 470 valence electrons. The predicted octanol–water partition coefficient (Wildman–Crippen LogP) is 15.7. The number of fused-ring (bicyclic) bond motifs is 11. The number of carbonyl (C=O) groups excluding carboxylic acids is 3. The Hall–Kier alpha value is -5.07. The Bertz CT molecular complexity index is 3060. The first-order chi connectivity index (χ1) is 41.1. The van der Waals surface area contributed by atoms with E-state index in [9.17, 15) is 19.2 Å². The van der Waals surface area contributed by atoms with Crippen molar-refractivity contribution >= 4 is 40.6 Å². The van der Waals surface area contributed by atoms with Crippen LogP contribution in [-0.4, -0.2) is 56.0 Å². The molecule has 6 saturated carbocycles. The van der Waals surface area contributed by atoms with Crippen LogP contribution in [0.4, 0.5) is 11.6 Å². The van der Waals surface area contributed by atoms with Crippen LogP contribution in [0.3, 0.4) is 0 Å². The van der Waals surface area contributed by atoms with Gasteiger partial charge in [0.2, 0.25) is 5.95 Å². The Morgan fingerprint density at radius 3 is 1.76 bits per heavy atom. The quantitative estimate of drug-likeness (QED) is 0.0586. The largest absolute Gasteiger partial charge is 0.462 e. The van der Waals surface area contributed by atoms with E-state index < -0.39 is 23.5 Å². The Labute approximate surface area is 514 Å². The number of hydrogen-bond donors (Lipinski definition) is 4. The van der Waals surface area contributed by atoms with Gasteiger partial charge in [-0.15, -0.1) is 0 Å². The first-order valence-electron chi connectivity index (χ1n) is 34.5. The van der Waals surface area contributed by atoms with E-state index in [1.807, 2.05) is 0 Å². The summed E-state index contributed by atoms with van der Waals surface area (Å²) in [6, 6.07) is 5.90. The third-order valence-electron chi connectivity index (χ3n) is 25.4. The summed E-state index contributed by atoms with van der Waals surface area (Å²) in [7, 11) is 0. The van der Waals surface area contributed by atoms with E-state index >= 15 is 0 Å². The number of H-pyrrole nitrogens is 1. The Morgan fingerprint density at radius 1 is 0.663 bits per heavy atom. The molecule has 2 heterocycles. The SMILES string of the molecule is CC(C)CCC[C@@H](C)[C@H]1CC[C@H]2[C@@H]3CC=C4C[C@@H](OC(=O)CC[C@H](NC(=O)c5ccc(NCc6cnc7nc(N)[nH]c(=O)c7n6)cc5)C(=O)O[C@H]5CC[C@@]6(C)C(=CC[C@H]7[C@@H]8CC[C@H]([C@H](C)CCCC(C)C)[C@@]8(C)CC[C@@H]76)C5)CC[C@]4(C)[C@H]3CC[C@]12C. The standard InChI is InChI=1S/C73H107N7O6/c1-43(2)13-11-15-45(5)56-25-27-58-54-23-19-48-39-52(31-35-70(48,7)60(54)33-37-72(56,58)9)85-63(81)30-29-62(78-66(82)47-17-21-50(22-18-47)75-41-51-42-76-65-64(77-51)67(83)80-69(74)79-65)68(84)86-53-32-36-71(8)49(40-53)20-24-55-59-28-26-57(46(6)16-12-14-44(3)4)73(59,10)38-34-61(55)71/h17-22,42-46,52-62,75H,11-16,23-41H2,1-10H3,(H,78,82)(H3,74,76,79,80,83)/t45-,46-,52+,53+,54+,55+,56-,57-,58+,59+,60+,61+,62+,70+,71+,72-,73-/m1/s1. The molecule has 0 unspecified atom stereocenters. The van der Waals surface area contributed by atoms with E-state index in [0.29, 0.717) is 51.9 Å². The summed E-state index contributed by atoms with van der Waals surface area (Å²) in [4.78, 5) is 70.5. The summed E-state index contributed by atoms with van der Waals surface area (Å²) in [6.07, 6.45) is 32.4. The molecule has 1 amide bonds. The number of ether oxygens (including phenoxy) is 2. The van der Waals surface area contributed by atoms with Crippen LogP contribution in [0, 0.1) is 92.7 Å². The fourth-order valence-corrected chi connectivity index (χ4v) is 20.7. The average molecular weight is 1180 g/mol. The summed E-state index contributed by atoms with van der Waals surface area (Å²) in [5.41, 5.74) is 11.1. The number of nitrogens with two attached hydrogens (primary N) is 1. The number of benzene rings is 1. The summed E-state index contributed by atoms with van der Waals surface area (Å²) in [5.74, 6) is 7.80. The summed E-state index contributed by atoms with van der Waals surface area (Å²) >= 11 is 0. The van der Waals surface area contributed by atoms with Gasteiger partial charge < -0.3 is 25.8 Å². The normalized spacial score (nSPS) is 34.7. The molecule has 3 aromatic rings. The number of esters is 2. The molecule has 5 N–H and O–H groups in total. The number of rotatable bonds is 21. The number of hydrogen-bond acceptors (Lipinski definition) is 11. The molecule has 0 radical (unpaired) electrons. The second-order valence-electron chi connectivity index (χ2n) is 31.2. The maximum Gasteiger partial charge on any atom is 0.328 e. The average Bonchev–Trinajstić information content (AvgIpc) is 1.36. The highest BCUT2D eigenvalue weighted by Crippen LogP contribution is 2.69. The van der Waals surface area contributed by atoms with Gasteiger partial charge in [0.1, 0.15) is 18.2 Å². The van der Waals surface area contributed by atoms with Crippen molar-refractivity contribution in [1.29, 1.82) is 0 Å². The smallest absolute Gasteiger partial charge is 0.328 e. The fraction of sp³-hybridized carbons (Fsp3) is 0.740. The molecule has 13 nitrogen and oxygen atoms in total. The molecule has 0 aliphatic heterocycles. The number of amides is 1. The van der Waals surface area contributed by atoms with Crippen LogP contribution in [-0.2, 0) is 25.6 Å². The minimum atomic E-state index is -1.05. The van der Waals surface area contributed by atoms with Crippen molar-refractivity contribution in [3.05, 3.63) is 75.4 Å². The Balaban J connectivity index is 0.731. The van der Waals surface area contributed by atoms with Crippen molar-refractivity contribution in [2.24, 2.45) is 92.7 Å². The maximum atomic E-state index is 14.6. The predicted molar refractivity (Wildman–Crippen MR) is 342 cm³/mol. The molecule has 0 spiro atoms. The van der Waals surface area contributed by atoms with Gasteiger partial charge in [-0.2, -0.15) is 4.98 Å². The van der Waals surface area contributed by atoms with Crippen molar-refractivity contribution in [3.63, 3.8) is 0 Å². The topological polar surface area (TPSA) is 191 Å². The van der Waals surface area contributed by atoms with Crippen LogP contribution in [0.5, 0.6) is 0 Å². The van der Waals surface area contributed by atoms with E-state index in [2.05, 4.69) is 112 Å². The van der Waals surface area contributed by atoms with Crippen molar-refractivity contribution in [2.45, 2.75) is 248 Å². The highest BCUT2D eigenvalue weighted by Gasteiger charge is 2.61. The third-order valence-corrected chi connectivity index (χ3v) is 25.4. The van der Waals surface area contributed by atoms with E-state index in [0.717, 1.165) is 98.2 Å². The third kappa shape index (κ3) is 12.5. The van der Waals surface area contributed by atoms with Gasteiger partial charge in [0.15, 0.2) is 11.2 Å². The van der Waals surface area contributed by atoms with E-state index in [-0.39, 0.29) is 65.5 Å². The van der Waals surface area contributed by atoms with Crippen LogP contribution in [0.2, 0.25) is 0 Å². The van der Waals surface area contributed by atoms with Crippen LogP contribution in [0.15, 0.2) is 58.6 Å². The monoisotopic (exact) mass is 1180 g/mol. The van der Waals surface area contributed by atoms with Gasteiger partial charge in [-0.1, -0.05) is 131 Å². The fourth-order valence-electron chi connectivity index (χ4n) is 20.7. The van der Waals surface area contributed by atoms with Crippen LogP contribution < -0.4 is 21.9 Å². The molecular weight excluding hydrogens is 1070 g/mol. The Morgan fingerprint density at radius 2 is 1.21 bits per heavy atom. The molecule has 17 atom stereocenters. The van der Waals surface area contributed by atoms with Gasteiger partial charge in [-0.3, -0.25) is 19.4 Å². The van der Waals surface area contributed by atoms with Crippen molar-refractivity contribution in [2.75, 3.05) is 11.1 Å². The molecule has 2 aromatic heterocycles. The van der Waals surface area contributed by atoms with Crippen LogP contribution in [0.25, 0.3) is 11.2 Å². The number of nitrogens with one attached hydrogen (secondary N) is 3. The minimum absolute atomic E-state index is 0.0145. The number of allylic oxidation sites excluding steroid dienone is 2. The van der Waals surface area contributed by atoms with Gasteiger partial charge in [0, 0.05) is 30.5 Å². The van der Waals surface area contributed by atoms with Crippen molar-refractivity contribution < 1.29 is 23.9 Å². The van der Waals surface area contributed by atoms with Crippen LogP contribution in [0.1, 0.15) is 239 Å². The lowest BCUT2D eigenvalue weighted by atomic mass is 9.47. The van der Waals surface area contributed by atoms with Crippen molar-refractivity contribution in [1.82, 2.24) is 25.3 Å². The first-order valence-corrected chi connectivity index (χ1v) is 34.5. The highest BCUT2D eigenvalue weighted by atomic mass is 16.5. The summed E-state index contributed by atoms with van der Waals surface area (Å²) in [6.45, 7) is 25.2. The molecular formula is C73H107N7O6. The lowest BCUT2D eigenvalue weighted by molar-refractivity contribution is -0.155. The van der Waals surface area contributed by atoms with E-state index in [4.69, 9.17) is 15.2 Å². The summed E-state index contributed by atoms with van der Waals surface area (Å²) in [5, 5.41) is 6.30. The lowest BCUT2D eigenvalue weighted by Gasteiger charge is -2.58. The molecule has 86 heavy (non-hydrogen) atoms. The number of nitrogen functional groups attached to an aromatic ring is 1. The molecule has 8 aliphatic carbocycles. The molecule has 13 heteroatoms. The first kappa shape index (κ1) is 62.5. The molecule has 6 fully saturated rings. The second-order valence-corrected chi connectivity index (χ2v) is 31.2. The van der Waals surface area contributed by atoms with Gasteiger partial charge in [0.25, 0.3) is 11.5 Å². The number of aromatic nitrogens is 4. The number of nitrogens with zero attached hydrogens (tertiary/aromatic N) is 3. The zero-order valence-electron chi connectivity index (χ0n) is 54.2. The van der Waals surface area contributed by atoms with Gasteiger partial charge in [0.05, 0.1) is 18.4 Å². The summed E-state index contributed by atoms with van der Waals surface area (Å²) < 4.78 is 12.8. The number of carbonyl (C=O) groups is 3. The van der Waals surface area contributed by atoms with Crippen LogP contribution >= 0.6 is 0 Å². The maximum absolute atomic E-state index is 14.6. The van der Waals surface area contributed by atoms with Crippen molar-refractivity contribution in [3.8, 4) is 0 Å². The van der Waals surface area contributed by atoms with Gasteiger partial charge in [-0.05, 0) is 213 Å². The Kier molecular flexibility index (Phi) is 18.5. The highest BCUT2D eigenvalue weighted by molar-refractivity contribution is 5.97. The number of aromatic amines is 1. The zero-order valence-corrected chi connectivity index (χ0v) is 54.2. The molecule has 8 aliphatic rings. The molecule has 1 aromatic carbocycles. The van der Waals surface area contributed by atoms with Gasteiger partial charge >= 0.3 is 11.9 Å². The van der Waals surface area contributed by atoms with E-state index in [1.165, 1.54) is 107 Å². The second kappa shape index (κ2) is 25.4. The van der Waals surface area contributed by atoms with E-state index in [1.54, 1.807) is 24.3 Å². The zero-order chi connectivity index (χ0) is 60.9. The minimum Gasteiger partial charge on any atom is -0.462 e. The molecule has 0 saturated heterocycles. The molecule has 11 rings (SSSR count). The van der Waals surface area contributed by atoms with Gasteiger partial charge in [-0.25, -0.2) is 14.8 Å². The molecule has 0 bridgehead atoms.